The summed E-state index contributed by atoms with van der Waals surface area (Å²) in [6.45, 7) is 0. The van der Waals surface area contributed by atoms with Crippen molar-refractivity contribution < 1.29 is 22.0 Å². The van der Waals surface area contributed by atoms with Gasteiger partial charge in [0, 0.05) is 23.2 Å². The molecule has 33 heavy (non-hydrogen) atoms. The van der Waals surface area contributed by atoms with Crippen LogP contribution in [0.3, 0.4) is 0 Å². The molecule has 5 rings (SSSR count). The van der Waals surface area contributed by atoms with Gasteiger partial charge in [-0.15, -0.1) is 0 Å². The number of pyridine rings is 1. The highest BCUT2D eigenvalue weighted by molar-refractivity contribution is 7.92. The number of rotatable bonds is 6. The van der Waals surface area contributed by atoms with Crippen molar-refractivity contribution in [1.82, 2.24) is 9.97 Å². The summed E-state index contributed by atoms with van der Waals surface area (Å²) in [5.74, 6) is -1.96. The summed E-state index contributed by atoms with van der Waals surface area (Å²) < 4.78 is 54.0. The minimum Gasteiger partial charge on any atom is -0.346 e. The molecule has 0 bridgehead atoms. The normalized spacial score (nSPS) is 13.8. The number of aromatic nitrogens is 2. The average molecular weight is 468 g/mol. The minimum absolute atomic E-state index is 0.0384. The van der Waals surface area contributed by atoms with Crippen LogP contribution in [0.5, 0.6) is 0 Å². The maximum atomic E-state index is 13.4. The molecule has 0 aliphatic heterocycles. The second-order valence-corrected chi connectivity index (χ2v) is 9.50. The molecule has 2 aromatic heterocycles. The lowest BCUT2D eigenvalue weighted by Crippen LogP contribution is -2.14. The van der Waals surface area contributed by atoms with E-state index in [-0.39, 0.29) is 22.4 Å². The van der Waals surface area contributed by atoms with Crippen molar-refractivity contribution >= 4 is 38.5 Å². The number of H-pyrrole nitrogens is 1. The highest BCUT2D eigenvalue weighted by atomic mass is 32.2. The van der Waals surface area contributed by atoms with Crippen molar-refractivity contribution in [3.05, 3.63) is 72.4 Å². The molecule has 1 saturated carbocycles. The number of halogens is 2. The molecule has 2 aromatic carbocycles. The molecule has 0 radical (unpaired) electrons. The Balaban J connectivity index is 1.42. The largest absolute Gasteiger partial charge is 0.346 e. The quantitative estimate of drug-likeness (QED) is 0.383. The van der Waals surface area contributed by atoms with Crippen LogP contribution in [0.4, 0.5) is 20.3 Å². The van der Waals surface area contributed by atoms with Gasteiger partial charge in [-0.3, -0.25) is 9.52 Å². The minimum atomic E-state index is -4.10. The third-order valence-electron chi connectivity index (χ3n) is 5.38. The zero-order valence-electron chi connectivity index (χ0n) is 17.1. The highest BCUT2D eigenvalue weighted by Gasteiger charge is 2.30. The van der Waals surface area contributed by atoms with E-state index in [0.29, 0.717) is 17.5 Å². The highest BCUT2D eigenvalue weighted by Crippen LogP contribution is 2.33. The Labute approximate surface area is 187 Å². The van der Waals surface area contributed by atoms with E-state index < -0.39 is 21.7 Å². The maximum absolute atomic E-state index is 13.4. The van der Waals surface area contributed by atoms with Crippen LogP contribution in [0.25, 0.3) is 22.2 Å². The Bertz CT molecular complexity index is 1480. The molecule has 1 aliphatic carbocycles. The van der Waals surface area contributed by atoms with Crippen LogP contribution in [0.1, 0.15) is 12.8 Å². The second-order valence-electron chi connectivity index (χ2n) is 7.82. The zero-order chi connectivity index (χ0) is 23.2. The third kappa shape index (κ3) is 4.29. The molecule has 4 aromatic rings. The summed E-state index contributed by atoms with van der Waals surface area (Å²) in [5, 5.41) is 3.69. The first-order valence-corrected chi connectivity index (χ1v) is 11.7. The Morgan fingerprint density at radius 3 is 2.45 bits per heavy atom. The van der Waals surface area contributed by atoms with Gasteiger partial charge in [-0.2, -0.15) is 0 Å². The Morgan fingerprint density at radius 1 is 1.00 bits per heavy atom. The molecule has 1 fully saturated rings. The molecule has 168 valence electrons. The van der Waals surface area contributed by atoms with E-state index in [1.807, 2.05) is 6.07 Å². The van der Waals surface area contributed by atoms with Gasteiger partial charge in [0.25, 0.3) is 10.0 Å². The number of fused-ring (bicyclic) bond motifs is 1. The number of carbonyl (C=O) groups is 1. The lowest BCUT2D eigenvalue weighted by atomic mass is 10.0. The maximum Gasteiger partial charge on any atom is 0.261 e. The Kier molecular flexibility index (Phi) is 5.09. The van der Waals surface area contributed by atoms with Crippen LogP contribution in [-0.4, -0.2) is 24.3 Å². The number of benzene rings is 2. The molecule has 0 spiro atoms. The molecular weight excluding hydrogens is 450 g/mol. The van der Waals surface area contributed by atoms with Crippen molar-refractivity contribution in [3.63, 3.8) is 0 Å². The number of carbonyl (C=O) groups excluding carboxylic acids is 1. The first-order valence-electron chi connectivity index (χ1n) is 10.2. The van der Waals surface area contributed by atoms with Crippen LogP contribution in [-0.2, 0) is 14.8 Å². The van der Waals surface area contributed by atoms with Crippen LogP contribution in [0.15, 0.2) is 65.7 Å². The van der Waals surface area contributed by atoms with Gasteiger partial charge in [-0.1, -0.05) is 12.1 Å². The average Bonchev–Trinajstić information content (AvgIpc) is 3.53. The standard InChI is InChI=1S/C23H18F2N4O3S/c24-19-8-7-16(11-20(19)25)33(31,32)29-15-5-3-13(4-6-15)18-12-21(28-23(30)14-1-2-14)27-22-17(18)9-10-26-22/h3-12,14,29H,1-2H2,(H2,26,27,28,30). The summed E-state index contributed by atoms with van der Waals surface area (Å²) in [6.07, 6.45) is 3.51. The molecule has 0 atom stereocenters. The molecule has 1 amide bonds. The van der Waals surface area contributed by atoms with Crippen molar-refractivity contribution in [2.45, 2.75) is 17.7 Å². The molecule has 1 aliphatic rings. The van der Waals surface area contributed by atoms with Gasteiger partial charge in [-0.05, 0) is 66.4 Å². The van der Waals surface area contributed by atoms with E-state index in [9.17, 15) is 22.0 Å². The number of aromatic amines is 1. The Hall–Kier alpha value is -3.79. The first-order chi connectivity index (χ1) is 15.8. The summed E-state index contributed by atoms with van der Waals surface area (Å²) >= 11 is 0. The predicted molar refractivity (Wildman–Crippen MR) is 120 cm³/mol. The van der Waals surface area contributed by atoms with Gasteiger partial charge in [0.2, 0.25) is 5.91 Å². The number of hydrogen-bond acceptors (Lipinski definition) is 4. The summed E-state index contributed by atoms with van der Waals surface area (Å²) in [6, 6.07) is 12.6. The smallest absolute Gasteiger partial charge is 0.261 e. The number of amides is 1. The fraction of sp³-hybridized carbons (Fsp3) is 0.130. The number of sulfonamides is 1. The van der Waals surface area contributed by atoms with Crippen molar-refractivity contribution in [2.75, 3.05) is 10.0 Å². The molecule has 0 unspecified atom stereocenters. The summed E-state index contributed by atoms with van der Waals surface area (Å²) in [4.78, 5) is 19.3. The molecule has 10 heteroatoms. The summed E-state index contributed by atoms with van der Waals surface area (Å²) in [7, 11) is -4.10. The van der Waals surface area contributed by atoms with Gasteiger partial charge in [0.1, 0.15) is 11.5 Å². The Morgan fingerprint density at radius 2 is 1.76 bits per heavy atom. The van der Waals surface area contributed by atoms with E-state index in [0.717, 1.165) is 41.5 Å². The third-order valence-corrected chi connectivity index (χ3v) is 6.76. The van der Waals surface area contributed by atoms with E-state index in [2.05, 4.69) is 20.0 Å². The zero-order valence-corrected chi connectivity index (χ0v) is 17.9. The van der Waals surface area contributed by atoms with Gasteiger partial charge in [0.05, 0.1) is 4.90 Å². The molecule has 2 heterocycles. The number of nitrogens with one attached hydrogen (secondary N) is 3. The van der Waals surface area contributed by atoms with Crippen molar-refractivity contribution in [1.29, 1.82) is 0 Å². The van der Waals surface area contributed by atoms with Crippen molar-refractivity contribution in [3.8, 4) is 11.1 Å². The lowest BCUT2D eigenvalue weighted by Gasteiger charge is -2.11. The topological polar surface area (TPSA) is 104 Å². The van der Waals surface area contributed by atoms with Gasteiger partial charge in [0.15, 0.2) is 11.6 Å². The van der Waals surface area contributed by atoms with Crippen LogP contribution in [0, 0.1) is 17.6 Å². The van der Waals surface area contributed by atoms with Gasteiger partial charge in [-0.25, -0.2) is 22.2 Å². The van der Waals surface area contributed by atoms with Gasteiger partial charge < -0.3 is 10.3 Å². The van der Waals surface area contributed by atoms with E-state index in [1.54, 1.807) is 36.5 Å². The van der Waals surface area contributed by atoms with Crippen LogP contribution < -0.4 is 10.0 Å². The number of hydrogen-bond donors (Lipinski definition) is 3. The SMILES string of the molecule is O=C(Nc1cc(-c2ccc(NS(=O)(=O)c3ccc(F)c(F)c3)cc2)c2cc[nH]c2n1)C1CC1. The predicted octanol–water partition coefficient (Wildman–Crippen LogP) is 4.66. The van der Waals surface area contributed by atoms with E-state index in [1.165, 1.54) is 0 Å². The monoisotopic (exact) mass is 468 g/mol. The molecule has 3 N–H and O–H groups in total. The fourth-order valence-electron chi connectivity index (χ4n) is 3.49. The van der Waals surface area contributed by atoms with Crippen LogP contribution >= 0.6 is 0 Å². The van der Waals surface area contributed by atoms with Crippen molar-refractivity contribution in [2.24, 2.45) is 5.92 Å². The van der Waals surface area contributed by atoms with Gasteiger partial charge >= 0.3 is 0 Å². The van der Waals surface area contributed by atoms with Crippen LogP contribution in [0.2, 0.25) is 0 Å². The second kappa shape index (κ2) is 7.96. The number of nitrogens with zero attached hydrogens (tertiary/aromatic N) is 1. The lowest BCUT2D eigenvalue weighted by molar-refractivity contribution is -0.117. The number of anilines is 2. The fourth-order valence-corrected chi connectivity index (χ4v) is 4.56. The van der Waals surface area contributed by atoms with E-state index in [4.69, 9.17) is 0 Å². The van der Waals surface area contributed by atoms with E-state index >= 15 is 0 Å². The molecule has 0 saturated heterocycles. The molecule has 7 nitrogen and oxygen atoms in total. The first kappa shape index (κ1) is 21.1. The molecular formula is C23H18F2N4O3S. The summed E-state index contributed by atoms with van der Waals surface area (Å²) in [5.41, 5.74) is 2.45.